The Morgan fingerprint density at radius 3 is 2.53 bits per heavy atom. The topological polar surface area (TPSA) is 35.2 Å². The van der Waals surface area contributed by atoms with Crippen LogP contribution in [0.15, 0.2) is 0 Å². The lowest BCUT2D eigenvalue weighted by Gasteiger charge is -2.49. The summed E-state index contributed by atoms with van der Waals surface area (Å²) in [6.45, 7) is 1.01. The van der Waals surface area contributed by atoms with E-state index in [0.717, 1.165) is 18.4 Å². The Kier molecular flexibility index (Phi) is 3.45. The summed E-state index contributed by atoms with van der Waals surface area (Å²) in [5.41, 5.74) is 6.53. The second kappa shape index (κ2) is 4.89. The maximum Gasteiger partial charge on any atom is 0.0685 e. The molecule has 1 spiro atoms. The smallest absolute Gasteiger partial charge is 0.0685 e. The molecule has 1 aliphatic heterocycles. The van der Waals surface area contributed by atoms with E-state index in [1.54, 1.807) is 0 Å². The average Bonchev–Trinajstić information content (AvgIpc) is 2.52. The predicted octanol–water partition coefficient (Wildman–Crippen LogP) is 3.24. The maximum absolute atomic E-state index is 6.21. The number of rotatable bonds is 1. The first-order valence-electron chi connectivity index (χ1n) is 7.67. The van der Waals surface area contributed by atoms with Crippen LogP contribution in [-0.4, -0.2) is 18.2 Å². The Labute approximate surface area is 105 Å². The van der Waals surface area contributed by atoms with Crippen molar-refractivity contribution in [2.24, 2.45) is 17.6 Å². The number of hydrogen-bond donors (Lipinski definition) is 1. The van der Waals surface area contributed by atoms with Crippen LogP contribution in [0.3, 0.4) is 0 Å². The molecule has 3 rings (SSSR count). The van der Waals surface area contributed by atoms with E-state index in [2.05, 4.69) is 0 Å². The highest BCUT2D eigenvalue weighted by Crippen LogP contribution is 2.47. The van der Waals surface area contributed by atoms with Gasteiger partial charge in [0.15, 0.2) is 0 Å². The first kappa shape index (κ1) is 12.0. The molecule has 0 aromatic rings. The lowest BCUT2D eigenvalue weighted by molar-refractivity contribution is -0.150. The highest BCUT2D eigenvalue weighted by atomic mass is 16.5. The van der Waals surface area contributed by atoms with Gasteiger partial charge in [-0.1, -0.05) is 19.3 Å². The molecular formula is C15H27NO. The van der Waals surface area contributed by atoms with E-state index in [4.69, 9.17) is 10.5 Å². The zero-order valence-electron chi connectivity index (χ0n) is 11.0. The van der Waals surface area contributed by atoms with Gasteiger partial charge in [-0.3, -0.25) is 0 Å². The number of ether oxygens (including phenoxy) is 1. The molecule has 2 N–H and O–H groups in total. The van der Waals surface area contributed by atoms with Crippen LogP contribution in [-0.2, 0) is 4.74 Å². The Hall–Kier alpha value is -0.0800. The van der Waals surface area contributed by atoms with E-state index in [0.29, 0.717) is 11.6 Å². The molecule has 1 saturated heterocycles. The molecule has 0 aromatic heterocycles. The Balaban J connectivity index is 1.62. The molecule has 3 aliphatic rings. The van der Waals surface area contributed by atoms with E-state index in [1.807, 2.05) is 0 Å². The minimum atomic E-state index is 0.319. The second-order valence-electron chi connectivity index (χ2n) is 6.68. The average molecular weight is 237 g/mol. The van der Waals surface area contributed by atoms with Gasteiger partial charge in [-0.05, 0) is 56.8 Å². The molecule has 3 unspecified atom stereocenters. The molecule has 98 valence electrons. The van der Waals surface area contributed by atoms with Crippen molar-refractivity contribution in [1.29, 1.82) is 0 Å². The van der Waals surface area contributed by atoms with Gasteiger partial charge in [0.25, 0.3) is 0 Å². The molecule has 1 heterocycles. The second-order valence-corrected chi connectivity index (χ2v) is 6.68. The molecule has 17 heavy (non-hydrogen) atoms. The van der Waals surface area contributed by atoms with Gasteiger partial charge < -0.3 is 10.5 Å². The Bertz CT molecular complexity index is 262. The molecule has 3 atom stereocenters. The summed E-state index contributed by atoms with van der Waals surface area (Å²) in [4.78, 5) is 0. The number of nitrogens with two attached hydrogens (primary N) is 1. The largest absolute Gasteiger partial charge is 0.375 e. The van der Waals surface area contributed by atoms with E-state index >= 15 is 0 Å². The summed E-state index contributed by atoms with van der Waals surface area (Å²) >= 11 is 0. The molecule has 2 nitrogen and oxygen atoms in total. The monoisotopic (exact) mass is 237 g/mol. The third kappa shape index (κ3) is 2.53. The van der Waals surface area contributed by atoms with Crippen LogP contribution < -0.4 is 5.73 Å². The summed E-state index contributed by atoms with van der Waals surface area (Å²) in [5, 5.41) is 0. The van der Waals surface area contributed by atoms with Gasteiger partial charge in [-0.2, -0.15) is 0 Å². The minimum Gasteiger partial charge on any atom is -0.375 e. The van der Waals surface area contributed by atoms with E-state index in [1.165, 1.54) is 64.2 Å². The van der Waals surface area contributed by atoms with Crippen molar-refractivity contribution in [1.82, 2.24) is 0 Å². The fraction of sp³-hybridized carbons (Fsp3) is 1.00. The van der Waals surface area contributed by atoms with Crippen LogP contribution in [0.1, 0.15) is 64.2 Å². The summed E-state index contributed by atoms with van der Waals surface area (Å²) < 4.78 is 6.05. The molecule has 2 saturated carbocycles. The zero-order chi connectivity index (χ0) is 11.7. The minimum absolute atomic E-state index is 0.319. The summed E-state index contributed by atoms with van der Waals surface area (Å²) in [5.74, 6) is 1.81. The molecule has 2 aliphatic carbocycles. The lowest BCUT2D eigenvalue weighted by atomic mass is 9.68. The SMILES string of the molecule is NC1CCCCC(C2CCOC3(CCC3)C2)C1. The van der Waals surface area contributed by atoms with Crippen molar-refractivity contribution >= 4 is 0 Å². The van der Waals surface area contributed by atoms with E-state index < -0.39 is 0 Å². The molecule has 3 fully saturated rings. The van der Waals surface area contributed by atoms with E-state index in [9.17, 15) is 0 Å². The van der Waals surface area contributed by atoms with Gasteiger partial charge in [0.1, 0.15) is 0 Å². The van der Waals surface area contributed by atoms with Gasteiger partial charge in [0.2, 0.25) is 0 Å². The Morgan fingerprint density at radius 1 is 0.941 bits per heavy atom. The quantitative estimate of drug-likeness (QED) is 0.711. The van der Waals surface area contributed by atoms with Crippen molar-refractivity contribution in [2.75, 3.05) is 6.61 Å². The van der Waals surface area contributed by atoms with Gasteiger partial charge in [0.05, 0.1) is 5.60 Å². The Morgan fingerprint density at radius 2 is 1.76 bits per heavy atom. The number of hydrogen-bond acceptors (Lipinski definition) is 2. The summed E-state index contributed by atoms with van der Waals surface area (Å²) in [6, 6.07) is 0.475. The van der Waals surface area contributed by atoms with Crippen LogP contribution >= 0.6 is 0 Å². The third-order valence-corrected chi connectivity index (χ3v) is 5.47. The van der Waals surface area contributed by atoms with Crippen molar-refractivity contribution in [3.8, 4) is 0 Å². The third-order valence-electron chi connectivity index (χ3n) is 5.47. The van der Waals surface area contributed by atoms with Crippen molar-refractivity contribution in [3.63, 3.8) is 0 Å². The van der Waals surface area contributed by atoms with Crippen molar-refractivity contribution in [2.45, 2.75) is 75.9 Å². The van der Waals surface area contributed by atoms with Gasteiger partial charge >= 0.3 is 0 Å². The predicted molar refractivity (Wildman–Crippen MR) is 69.8 cm³/mol. The highest BCUT2D eigenvalue weighted by Gasteiger charge is 2.44. The van der Waals surface area contributed by atoms with Gasteiger partial charge in [-0.15, -0.1) is 0 Å². The highest BCUT2D eigenvalue weighted by molar-refractivity contribution is 4.96. The van der Waals surface area contributed by atoms with Crippen molar-refractivity contribution in [3.05, 3.63) is 0 Å². The van der Waals surface area contributed by atoms with Crippen LogP contribution in [0.5, 0.6) is 0 Å². The molecule has 0 radical (unpaired) electrons. The van der Waals surface area contributed by atoms with Crippen LogP contribution in [0.25, 0.3) is 0 Å². The molecule has 2 heteroatoms. The summed E-state index contributed by atoms with van der Waals surface area (Å²) in [6.07, 6.45) is 13.4. The first-order valence-corrected chi connectivity index (χ1v) is 7.67. The molecule has 0 bridgehead atoms. The van der Waals surface area contributed by atoms with Crippen molar-refractivity contribution < 1.29 is 4.74 Å². The van der Waals surface area contributed by atoms with E-state index in [-0.39, 0.29) is 0 Å². The van der Waals surface area contributed by atoms with Gasteiger partial charge in [-0.25, -0.2) is 0 Å². The van der Waals surface area contributed by atoms with Crippen LogP contribution in [0.4, 0.5) is 0 Å². The zero-order valence-corrected chi connectivity index (χ0v) is 11.0. The lowest BCUT2D eigenvalue weighted by Crippen LogP contribution is -2.47. The molecular weight excluding hydrogens is 210 g/mol. The maximum atomic E-state index is 6.21. The molecule has 0 amide bonds. The van der Waals surface area contributed by atoms with Crippen LogP contribution in [0.2, 0.25) is 0 Å². The summed E-state index contributed by atoms with van der Waals surface area (Å²) in [7, 11) is 0. The van der Waals surface area contributed by atoms with Gasteiger partial charge in [0, 0.05) is 12.6 Å². The standard InChI is InChI=1S/C15H27NO/c16-14-5-2-1-4-12(10-14)13-6-9-17-15(11-13)7-3-8-15/h12-14H,1-11,16H2. The molecule has 0 aromatic carbocycles. The normalized spacial score (nSPS) is 41.8. The fourth-order valence-electron chi connectivity index (χ4n) is 4.25. The van der Waals surface area contributed by atoms with Crippen LogP contribution in [0, 0.1) is 11.8 Å². The first-order chi connectivity index (χ1) is 8.27. The fourth-order valence-corrected chi connectivity index (χ4v) is 4.25.